The number of ketones is 1. The average Bonchev–Trinajstić information content (AvgIpc) is 2.75. The molecule has 1 aromatic heterocycles. The highest BCUT2D eigenvalue weighted by molar-refractivity contribution is 6.32. The van der Waals surface area contributed by atoms with Crippen LogP contribution in [0.4, 0.5) is 8.78 Å². The Morgan fingerprint density at radius 1 is 1.28 bits per heavy atom. The monoisotopic (exact) mass is 250 g/mol. The summed E-state index contributed by atoms with van der Waals surface area (Å²) in [7, 11) is 1.77. The molecule has 18 heavy (non-hydrogen) atoms. The average molecular weight is 250 g/mol. The zero-order valence-electron chi connectivity index (χ0n) is 9.78. The first-order valence-corrected chi connectivity index (χ1v) is 5.21. The second-order valence-corrected chi connectivity index (χ2v) is 3.90. The van der Waals surface area contributed by atoms with Gasteiger partial charge in [-0.1, -0.05) is 29.7 Å². The molecule has 0 aliphatic rings. The number of aromatic nitrogens is 2. The van der Waals surface area contributed by atoms with Gasteiger partial charge in [0.1, 0.15) is 7.85 Å². The molecule has 0 bridgehead atoms. The Balaban J connectivity index is 2.36. The van der Waals surface area contributed by atoms with Crippen molar-refractivity contribution in [2.75, 3.05) is 0 Å². The number of carbonyl (C=O) groups is 1. The third-order valence-corrected chi connectivity index (χ3v) is 2.42. The third-order valence-electron chi connectivity index (χ3n) is 2.42. The van der Waals surface area contributed by atoms with Gasteiger partial charge in [-0.05, 0) is 0 Å². The van der Waals surface area contributed by atoms with Gasteiger partial charge in [-0.3, -0.25) is 4.79 Å². The molecular formula is C11H9BF2N2O2. The van der Waals surface area contributed by atoms with Crippen LogP contribution in [0.15, 0.2) is 28.7 Å². The van der Waals surface area contributed by atoms with Crippen LogP contribution in [-0.2, 0) is 5.92 Å². The topological polar surface area (TPSA) is 56.0 Å². The first kappa shape index (κ1) is 12.4. The van der Waals surface area contributed by atoms with E-state index in [2.05, 4.69) is 10.2 Å². The number of aryl methyl sites for hydroxylation is 1. The number of nitrogens with zero attached hydrogens (tertiary/aromatic N) is 2. The molecule has 0 unspecified atom stereocenters. The second-order valence-electron chi connectivity index (χ2n) is 3.90. The van der Waals surface area contributed by atoms with Crippen LogP contribution in [0.2, 0.25) is 0 Å². The van der Waals surface area contributed by atoms with E-state index in [0.29, 0.717) is 0 Å². The SMILES string of the molecule is Bc1ccc(C(F)(F)C(=O)c2nnc(C)o2)cc1. The Hall–Kier alpha value is -2.05. The van der Waals surface area contributed by atoms with Gasteiger partial charge in [-0.25, -0.2) is 0 Å². The van der Waals surface area contributed by atoms with Gasteiger partial charge in [0.05, 0.1) is 0 Å². The van der Waals surface area contributed by atoms with E-state index in [4.69, 9.17) is 4.42 Å². The van der Waals surface area contributed by atoms with Crippen molar-refractivity contribution in [1.82, 2.24) is 10.2 Å². The van der Waals surface area contributed by atoms with Crippen LogP contribution >= 0.6 is 0 Å². The van der Waals surface area contributed by atoms with Crippen molar-refractivity contribution >= 4 is 19.1 Å². The van der Waals surface area contributed by atoms with E-state index in [-0.39, 0.29) is 5.89 Å². The number of alkyl halides is 2. The fourth-order valence-corrected chi connectivity index (χ4v) is 1.42. The Bertz CT molecular complexity index is 581. The third kappa shape index (κ3) is 2.16. The fraction of sp³-hybridized carbons (Fsp3) is 0.182. The molecule has 0 radical (unpaired) electrons. The van der Waals surface area contributed by atoms with E-state index in [9.17, 15) is 13.6 Å². The van der Waals surface area contributed by atoms with Gasteiger partial charge in [-0.15, -0.1) is 10.2 Å². The van der Waals surface area contributed by atoms with Gasteiger partial charge >= 0.3 is 5.92 Å². The van der Waals surface area contributed by atoms with Crippen LogP contribution in [0, 0.1) is 6.92 Å². The smallest absolute Gasteiger partial charge is 0.339 e. The molecule has 2 aromatic rings. The molecule has 2 rings (SSSR count). The summed E-state index contributed by atoms with van der Waals surface area (Å²) in [4.78, 5) is 11.6. The Kier molecular flexibility index (Phi) is 2.98. The van der Waals surface area contributed by atoms with Crippen molar-refractivity contribution in [2.45, 2.75) is 12.8 Å². The lowest BCUT2D eigenvalue weighted by molar-refractivity contribution is 0.00416. The number of halogens is 2. The van der Waals surface area contributed by atoms with Crippen molar-refractivity contribution < 1.29 is 18.0 Å². The Morgan fingerprint density at radius 2 is 1.89 bits per heavy atom. The van der Waals surface area contributed by atoms with Crippen LogP contribution in [0.1, 0.15) is 22.1 Å². The summed E-state index contributed by atoms with van der Waals surface area (Å²) in [6.45, 7) is 1.42. The van der Waals surface area contributed by atoms with Crippen LogP contribution in [0.5, 0.6) is 0 Å². The van der Waals surface area contributed by atoms with Gasteiger partial charge in [0.2, 0.25) is 5.89 Å². The van der Waals surface area contributed by atoms with Crippen molar-refractivity contribution in [2.24, 2.45) is 0 Å². The summed E-state index contributed by atoms with van der Waals surface area (Å²) in [5, 5.41) is 6.67. The van der Waals surface area contributed by atoms with Crippen LogP contribution in [0.3, 0.4) is 0 Å². The maximum absolute atomic E-state index is 13.9. The molecule has 1 aromatic carbocycles. The first-order valence-electron chi connectivity index (χ1n) is 5.21. The lowest BCUT2D eigenvalue weighted by Crippen LogP contribution is -2.27. The highest BCUT2D eigenvalue weighted by Crippen LogP contribution is 2.31. The largest absolute Gasteiger partial charge is 0.418 e. The number of rotatable bonds is 3. The molecule has 0 saturated heterocycles. The van der Waals surface area contributed by atoms with Crippen LogP contribution in [-0.4, -0.2) is 23.8 Å². The van der Waals surface area contributed by atoms with Gasteiger partial charge in [0, 0.05) is 12.5 Å². The molecule has 0 N–H and O–H groups in total. The quantitative estimate of drug-likeness (QED) is 0.591. The number of hydrogen-bond donors (Lipinski definition) is 0. The highest BCUT2D eigenvalue weighted by atomic mass is 19.3. The number of hydrogen-bond acceptors (Lipinski definition) is 4. The van der Waals surface area contributed by atoms with Crippen molar-refractivity contribution in [3.8, 4) is 0 Å². The standard InChI is InChI=1S/C11H9BF2N2O2/c1-6-15-16-10(18-6)9(17)11(13,14)7-2-4-8(12)5-3-7/h2-5H,12H2,1H3. The second kappa shape index (κ2) is 4.32. The van der Waals surface area contributed by atoms with E-state index < -0.39 is 23.2 Å². The van der Waals surface area contributed by atoms with Gasteiger partial charge in [0.25, 0.3) is 11.7 Å². The molecule has 1 heterocycles. The Morgan fingerprint density at radius 3 is 2.39 bits per heavy atom. The van der Waals surface area contributed by atoms with Crippen molar-refractivity contribution in [1.29, 1.82) is 0 Å². The Labute approximate surface area is 102 Å². The maximum atomic E-state index is 13.9. The number of benzene rings is 1. The fourth-order valence-electron chi connectivity index (χ4n) is 1.42. The van der Waals surface area contributed by atoms with Crippen LogP contribution in [0.25, 0.3) is 0 Å². The number of carbonyl (C=O) groups excluding carboxylic acids is 1. The van der Waals surface area contributed by atoms with E-state index in [1.54, 1.807) is 7.85 Å². The minimum Gasteiger partial charge on any atom is -0.418 e. The summed E-state index contributed by atoms with van der Waals surface area (Å²) in [5.74, 6) is -5.78. The molecule has 0 atom stereocenters. The summed E-state index contributed by atoms with van der Waals surface area (Å²) in [5.41, 5.74) is 0.435. The molecule has 92 valence electrons. The van der Waals surface area contributed by atoms with E-state index in [1.807, 2.05) is 0 Å². The van der Waals surface area contributed by atoms with Gasteiger partial charge < -0.3 is 4.42 Å². The van der Waals surface area contributed by atoms with Crippen molar-refractivity contribution in [3.63, 3.8) is 0 Å². The minimum absolute atomic E-state index is 0.0676. The summed E-state index contributed by atoms with van der Waals surface area (Å²) in [6.07, 6.45) is 0. The summed E-state index contributed by atoms with van der Waals surface area (Å²) >= 11 is 0. The normalized spacial score (nSPS) is 11.5. The zero-order chi connectivity index (χ0) is 13.3. The molecule has 0 amide bonds. The van der Waals surface area contributed by atoms with Gasteiger partial charge in [0.15, 0.2) is 0 Å². The molecule has 0 aliphatic heterocycles. The molecule has 7 heteroatoms. The van der Waals surface area contributed by atoms with E-state index in [1.165, 1.54) is 31.2 Å². The predicted octanol–water partition coefficient (Wildman–Crippen LogP) is 0.611. The maximum Gasteiger partial charge on any atom is 0.339 e. The van der Waals surface area contributed by atoms with Crippen molar-refractivity contribution in [3.05, 3.63) is 41.6 Å². The lowest BCUT2D eigenvalue weighted by atomic mass is 9.93. The van der Waals surface area contributed by atoms with E-state index >= 15 is 0 Å². The minimum atomic E-state index is -3.67. The molecule has 0 saturated carbocycles. The molecule has 0 fully saturated rings. The molecular weight excluding hydrogens is 241 g/mol. The zero-order valence-corrected chi connectivity index (χ0v) is 9.78. The van der Waals surface area contributed by atoms with Crippen LogP contribution < -0.4 is 5.46 Å². The summed E-state index contributed by atoms with van der Waals surface area (Å²) in [6, 6.07) is 5.43. The predicted molar refractivity (Wildman–Crippen MR) is 61.9 cm³/mol. The molecule has 0 aliphatic carbocycles. The molecule has 0 spiro atoms. The highest BCUT2D eigenvalue weighted by Gasteiger charge is 2.44. The number of Topliss-reactive ketones (excluding diaryl/α,β-unsaturated/α-hetero) is 1. The molecule has 4 nitrogen and oxygen atoms in total. The lowest BCUT2D eigenvalue weighted by Gasteiger charge is -2.13. The van der Waals surface area contributed by atoms with E-state index in [0.717, 1.165) is 5.46 Å². The summed E-state index contributed by atoms with van der Waals surface area (Å²) < 4.78 is 32.5. The van der Waals surface area contributed by atoms with Gasteiger partial charge in [-0.2, -0.15) is 8.78 Å². The first-order chi connectivity index (χ1) is 8.41.